The summed E-state index contributed by atoms with van der Waals surface area (Å²) in [4.78, 5) is 27.1. The van der Waals surface area contributed by atoms with Crippen LogP contribution in [0.2, 0.25) is 0 Å². The molecule has 0 aliphatic rings. The van der Waals surface area contributed by atoms with Crippen molar-refractivity contribution in [2.45, 2.75) is 13.0 Å². The monoisotopic (exact) mass is 322 g/mol. The number of aromatic nitrogens is 3. The van der Waals surface area contributed by atoms with Crippen LogP contribution >= 0.6 is 0 Å². The number of carbonyl (C=O) groups excluding carboxylic acids is 1. The zero-order valence-corrected chi connectivity index (χ0v) is 12.5. The topological polar surface area (TPSA) is 106 Å². The van der Waals surface area contributed by atoms with Crippen LogP contribution in [0.1, 0.15) is 16.4 Å². The summed E-state index contributed by atoms with van der Waals surface area (Å²) in [5.41, 5.74) is 0.530. The van der Waals surface area contributed by atoms with Crippen molar-refractivity contribution in [3.05, 3.63) is 41.7 Å². The maximum absolute atomic E-state index is 13.0. The van der Waals surface area contributed by atoms with Crippen LogP contribution in [0.25, 0.3) is 5.69 Å². The molecule has 1 atom stereocenters. The fraction of sp³-hybridized carbons (Fsp3) is 0.286. The molecule has 23 heavy (non-hydrogen) atoms. The van der Waals surface area contributed by atoms with Crippen LogP contribution in [0.15, 0.2) is 24.3 Å². The molecular formula is C14H15FN4O4. The lowest BCUT2D eigenvalue weighted by Gasteiger charge is -2.11. The molecule has 1 aromatic carbocycles. The molecule has 2 N–H and O–H groups in total. The number of rotatable bonds is 6. The van der Waals surface area contributed by atoms with Gasteiger partial charge >= 0.3 is 5.97 Å². The highest BCUT2D eigenvalue weighted by atomic mass is 19.1. The second kappa shape index (κ2) is 6.97. The summed E-state index contributed by atoms with van der Waals surface area (Å²) in [6.45, 7) is 1.44. The van der Waals surface area contributed by atoms with E-state index in [1.54, 1.807) is 6.92 Å². The number of nitrogens with zero attached hydrogens (tertiary/aromatic N) is 3. The minimum atomic E-state index is -1.23. The summed E-state index contributed by atoms with van der Waals surface area (Å²) in [5.74, 6) is -2.14. The molecule has 0 bridgehead atoms. The van der Waals surface area contributed by atoms with E-state index in [0.717, 1.165) is 0 Å². The Balaban J connectivity index is 2.21. The molecule has 0 spiro atoms. The average molecular weight is 322 g/mol. The van der Waals surface area contributed by atoms with Crippen LogP contribution in [-0.4, -0.2) is 51.5 Å². The average Bonchev–Trinajstić information content (AvgIpc) is 2.89. The summed E-state index contributed by atoms with van der Waals surface area (Å²) >= 11 is 0. The summed E-state index contributed by atoms with van der Waals surface area (Å²) in [6.07, 6.45) is 0. The number of carboxylic acid groups (broad SMARTS) is 1. The van der Waals surface area contributed by atoms with Gasteiger partial charge in [0.05, 0.1) is 12.3 Å². The number of aryl methyl sites for hydroxylation is 1. The molecule has 0 saturated heterocycles. The lowest BCUT2D eigenvalue weighted by atomic mass is 10.3. The van der Waals surface area contributed by atoms with Crippen molar-refractivity contribution < 1.29 is 23.8 Å². The summed E-state index contributed by atoms with van der Waals surface area (Å²) in [7, 11) is 1.33. The van der Waals surface area contributed by atoms with E-state index in [0.29, 0.717) is 11.5 Å². The fourth-order valence-electron chi connectivity index (χ4n) is 1.88. The van der Waals surface area contributed by atoms with Crippen LogP contribution in [-0.2, 0) is 9.53 Å². The molecule has 0 fully saturated rings. The number of carboxylic acids is 1. The second-order valence-electron chi connectivity index (χ2n) is 4.69. The minimum Gasteiger partial charge on any atom is -0.480 e. The number of methoxy groups -OCH3 is 1. The molecule has 2 rings (SSSR count). The van der Waals surface area contributed by atoms with Gasteiger partial charge in [-0.05, 0) is 31.2 Å². The third kappa shape index (κ3) is 3.89. The Morgan fingerprint density at radius 1 is 1.39 bits per heavy atom. The van der Waals surface area contributed by atoms with Gasteiger partial charge in [-0.25, -0.2) is 18.9 Å². The number of amides is 1. The van der Waals surface area contributed by atoms with Gasteiger partial charge in [-0.15, -0.1) is 5.10 Å². The Hall–Kier alpha value is -2.81. The largest absolute Gasteiger partial charge is 0.480 e. The molecule has 1 amide bonds. The maximum atomic E-state index is 13.0. The number of benzene rings is 1. The van der Waals surface area contributed by atoms with Gasteiger partial charge in [0.2, 0.25) is 5.82 Å². The molecule has 0 radical (unpaired) electrons. The van der Waals surface area contributed by atoms with Crippen LogP contribution in [0.4, 0.5) is 4.39 Å². The summed E-state index contributed by atoms with van der Waals surface area (Å²) in [5, 5.41) is 15.3. The van der Waals surface area contributed by atoms with E-state index in [-0.39, 0.29) is 12.4 Å². The van der Waals surface area contributed by atoms with Crippen molar-refractivity contribution >= 4 is 11.9 Å². The summed E-state index contributed by atoms with van der Waals surface area (Å²) in [6, 6.07) is 4.29. The first-order valence-corrected chi connectivity index (χ1v) is 6.64. The first-order valence-electron chi connectivity index (χ1n) is 6.64. The predicted molar refractivity (Wildman–Crippen MR) is 76.8 cm³/mol. The number of ether oxygens (including phenoxy) is 1. The lowest BCUT2D eigenvalue weighted by Crippen LogP contribution is -2.44. The number of aliphatic carboxylic acids is 1. The van der Waals surface area contributed by atoms with E-state index >= 15 is 0 Å². The highest BCUT2D eigenvalue weighted by molar-refractivity contribution is 5.93. The van der Waals surface area contributed by atoms with Crippen molar-refractivity contribution in [1.82, 2.24) is 20.1 Å². The minimum absolute atomic E-state index is 0.182. The molecule has 122 valence electrons. The first kappa shape index (κ1) is 16.6. The Morgan fingerprint density at radius 2 is 2.04 bits per heavy atom. The molecular weight excluding hydrogens is 307 g/mol. The van der Waals surface area contributed by atoms with Crippen molar-refractivity contribution in [2.75, 3.05) is 13.7 Å². The van der Waals surface area contributed by atoms with Crippen LogP contribution < -0.4 is 5.32 Å². The van der Waals surface area contributed by atoms with Crippen molar-refractivity contribution in [3.63, 3.8) is 0 Å². The Bertz CT molecular complexity index is 714. The maximum Gasteiger partial charge on any atom is 0.328 e. The standard InChI is InChI=1S/C14H15FN4O4/c1-8-16-12(13(20)17-11(7-23-2)14(21)22)18-19(8)10-5-3-9(15)4-6-10/h3-6,11H,7H2,1-2H3,(H,17,20)(H,21,22). The van der Waals surface area contributed by atoms with Crippen LogP contribution in [0.5, 0.6) is 0 Å². The van der Waals surface area contributed by atoms with E-state index in [2.05, 4.69) is 15.4 Å². The lowest BCUT2D eigenvalue weighted by molar-refractivity contribution is -0.140. The number of carbonyl (C=O) groups is 2. The van der Waals surface area contributed by atoms with Crippen molar-refractivity contribution in [3.8, 4) is 5.69 Å². The molecule has 0 aliphatic carbocycles. The smallest absolute Gasteiger partial charge is 0.328 e. The fourth-order valence-corrected chi connectivity index (χ4v) is 1.88. The highest BCUT2D eigenvalue weighted by Crippen LogP contribution is 2.10. The number of halogens is 1. The molecule has 1 unspecified atom stereocenters. The molecule has 1 aromatic heterocycles. The zero-order chi connectivity index (χ0) is 17.0. The Kier molecular flexibility index (Phi) is 5.02. The van der Waals surface area contributed by atoms with Crippen LogP contribution in [0, 0.1) is 12.7 Å². The van der Waals surface area contributed by atoms with E-state index < -0.39 is 23.7 Å². The molecule has 1 heterocycles. The van der Waals surface area contributed by atoms with E-state index in [1.165, 1.54) is 36.1 Å². The summed E-state index contributed by atoms with van der Waals surface area (Å²) < 4.78 is 19.0. The molecule has 8 nitrogen and oxygen atoms in total. The normalized spacial score (nSPS) is 12.0. The number of nitrogens with one attached hydrogen (secondary N) is 1. The number of hydrogen-bond acceptors (Lipinski definition) is 5. The molecule has 0 aliphatic heterocycles. The highest BCUT2D eigenvalue weighted by Gasteiger charge is 2.23. The van der Waals surface area contributed by atoms with Gasteiger partial charge in [-0.3, -0.25) is 4.79 Å². The molecule has 9 heteroatoms. The first-order chi connectivity index (χ1) is 10.9. The van der Waals surface area contributed by atoms with Crippen LogP contribution in [0.3, 0.4) is 0 Å². The van der Waals surface area contributed by atoms with Gasteiger partial charge in [0.15, 0.2) is 6.04 Å². The molecule has 2 aromatic rings. The number of hydrogen-bond donors (Lipinski definition) is 2. The van der Waals surface area contributed by atoms with Gasteiger partial charge in [-0.1, -0.05) is 0 Å². The second-order valence-corrected chi connectivity index (χ2v) is 4.69. The van der Waals surface area contributed by atoms with Gasteiger partial charge in [0.25, 0.3) is 5.91 Å². The van der Waals surface area contributed by atoms with E-state index in [4.69, 9.17) is 9.84 Å². The SMILES string of the molecule is COCC(NC(=O)c1nc(C)n(-c2ccc(F)cc2)n1)C(=O)O. The van der Waals surface area contributed by atoms with E-state index in [9.17, 15) is 14.0 Å². The van der Waals surface area contributed by atoms with Crippen molar-refractivity contribution in [1.29, 1.82) is 0 Å². The Labute approximate surface area is 130 Å². The van der Waals surface area contributed by atoms with Gasteiger partial charge in [0.1, 0.15) is 11.6 Å². The third-order valence-electron chi connectivity index (χ3n) is 2.98. The molecule has 0 saturated carbocycles. The Morgan fingerprint density at radius 3 is 2.61 bits per heavy atom. The van der Waals surface area contributed by atoms with Gasteiger partial charge < -0.3 is 15.2 Å². The van der Waals surface area contributed by atoms with E-state index in [1.807, 2.05) is 0 Å². The predicted octanol–water partition coefficient (Wildman–Crippen LogP) is 0.544. The van der Waals surface area contributed by atoms with Gasteiger partial charge in [-0.2, -0.15) is 0 Å². The zero-order valence-electron chi connectivity index (χ0n) is 12.5. The third-order valence-corrected chi connectivity index (χ3v) is 2.98. The van der Waals surface area contributed by atoms with Gasteiger partial charge in [0, 0.05) is 7.11 Å². The van der Waals surface area contributed by atoms with Crippen molar-refractivity contribution in [2.24, 2.45) is 0 Å². The quantitative estimate of drug-likeness (QED) is 0.804.